The molecule has 28 heavy (non-hydrogen) atoms. The van der Waals surface area contributed by atoms with Gasteiger partial charge in [0, 0.05) is 29.6 Å². The lowest BCUT2D eigenvalue weighted by molar-refractivity contribution is -0.132. The van der Waals surface area contributed by atoms with Gasteiger partial charge in [0.05, 0.1) is 28.6 Å². The Morgan fingerprint density at radius 2 is 1.93 bits per heavy atom. The summed E-state index contributed by atoms with van der Waals surface area (Å²) in [6, 6.07) is 9.64. The van der Waals surface area contributed by atoms with Gasteiger partial charge in [-0.15, -0.1) is 11.3 Å². The fraction of sp³-hybridized carbons (Fsp3) is 0.500. The molecule has 0 saturated carbocycles. The van der Waals surface area contributed by atoms with Crippen LogP contribution in [0, 0.1) is 6.92 Å². The van der Waals surface area contributed by atoms with Gasteiger partial charge < -0.3 is 9.80 Å². The first-order valence-electron chi connectivity index (χ1n) is 9.41. The molecule has 2 heterocycles. The number of likely N-dealkylation sites (N-methyl/N-ethyl adjacent to an activating group) is 1. The van der Waals surface area contributed by atoms with Crippen LogP contribution in [0.3, 0.4) is 0 Å². The molecular formula is C20H27N3O3S2. The Hall–Kier alpha value is -1.77. The molecule has 1 unspecified atom stereocenters. The molecule has 1 aromatic carbocycles. The summed E-state index contributed by atoms with van der Waals surface area (Å²) in [6.07, 6.45) is 0.772. The van der Waals surface area contributed by atoms with E-state index in [0.717, 1.165) is 21.1 Å². The van der Waals surface area contributed by atoms with Crippen LogP contribution in [0.15, 0.2) is 30.3 Å². The van der Waals surface area contributed by atoms with Crippen molar-refractivity contribution < 1.29 is 13.2 Å². The van der Waals surface area contributed by atoms with Gasteiger partial charge in [0.2, 0.25) is 5.91 Å². The number of rotatable bonds is 7. The van der Waals surface area contributed by atoms with Crippen LogP contribution < -0.4 is 0 Å². The normalized spacial score (nSPS) is 18.5. The molecule has 1 amide bonds. The van der Waals surface area contributed by atoms with Crippen molar-refractivity contribution in [1.82, 2.24) is 14.8 Å². The number of carbonyl (C=O) groups excluding carboxylic acids is 1. The third kappa shape index (κ3) is 5.18. The van der Waals surface area contributed by atoms with Gasteiger partial charge in [0.25, 0.3) is 0 Å². The average molecular weight is 422 g/mol. The minimum Gasteiger partial charge on any atom is -0.337 e. The zero-order valence-electron chi connectivity index (χ0n) is 16.6. The molecule has 152 valence electrons. The van der Waals surface area contributed by atoms with E-state index in [0.29, 0.717) is 19.5 Å². The second-order valence-corrected chi connectivity index (χ2v) is 11.0. The topological polar surface area (TPSA) is 70.6 Å². The van der Waals surface area contributed by atoms with Crippen LogP contribution in [0.2, 0.25) is 0 Å². The molecule has 1 saturated heterocycles. The first-order valence-corrected chi connectivity index (χ1v) is 12.1. The maximum atomic E-state index is 13.2. The molecule has 1 atom stereocenters. The number of aromatic nitrogens is 1. The van der Waals surface area contributed by atoms with Gasteiger partial charge in [-0.3, -0.25) is 4.79 Å². The Labute approximate surface area is 171 Å². The van der Waals surface area contributed by atoms with Gasteiger partial charge in [-0.25, -0.2) is 13.4 Å². The Balaban J connectivity index is 1.82. The minimum atomic E-state index is -3.05. The first-order chi connectivity index (χ1) is 13.2. The van der Waals surface area contributed by atoms with E-state index < -0.39 is 9.84 Å². The van der Waals surface area contributed by atoms with Crippen LogP contribution in [-0.4, -0.2) is 73.8 Å². The van der Waals surface area contributed by atoms with Gasteiger partial charge in [0.15, 0.2) is 9.84 Å². The van der Waals surface area contributed by atoms with Gasteiger partial charge in [-0.1, -0.05) is 30.3 Å². The van der Waals surface area contributed by atoms with E-state index in [1.54, 1.807) is 4.90 Å². The molecular weight excluding hydrogens is 394 g/mol. The SMILES string of the molecule is Cc1nc(-c2ccccc2)c(CC(=O)N(CCN(C)C)C2CCS(=O)(=O)C2)s1. The predicted molar refractivity (Wildman–Crippen MR) is 113 cm³/mol. The maximum Gasteiger partial charge on any atom is 0.228 e. The van der Waals surface area contributed by atoms with Crippen molar-refractivity contribution in [2.45, 2.75) is 25.8 Å². The van der Waals surface area contributed by atoms with Gasteiger partial charge in [0.1, 0.15) is 0 Å². The van der Waals surface area contributed by atoms with Crippen LogP contribution in [-0.2, 0) is 21.1 Å². The van der Waals surface area contributed by atoms with E-state index in [-0.39, 0.29) is 29.9 Å². The molecule has 1 aromatic heterocycles. The third-order valence-corrected chi connectivity index (χ3v) is 7.64. The number of nitrogens with zero attached hydrogens (tertiary/aromatic N) is 3. The van der Waals surface area contributed by atoms with E-state index in [4.69, 9.17) is 0 Å². The van der Waals surface area contributed by atoms with E-state index >= 15 is 0 Å². The van der Waals surface area contributed by atoms with Crippen molar-refractivity contribution >= 4 is 27.1 Å². The smallest absolute Gasteiger partial charge is 0.228 e. The van der Waals surface area contributed by atoms with Crippen LogP contribution in [0.25, 0.3) is 11.3 Å². The summed E-state index contributed by atoms with van der Waals surface area (Å²) in [7, 11) is 0.855. The summed E-state index contributed by atoms with van der Waals surface area (Å²) in [5.74, 6) is 0.211. The monoisotopic (exact) mass is 421 g/mol. The maximum absolute atomic E-state index is 13.2. The number of hydrogen-bond donors (Lipinski definition) is 0. The summed E-state index contributed by atoms with van der Waals surface area (Å²) < 4.78 is 23.9. The molecule has 1 aliphatic rings. The summed E-state index contributed by atoms with van der Waals surface area (Å²) in [5.41, 5.74) is 1.85. The Bertz CT molecular complexity index is 923. The van der Waals surface area contributed by atoms with Crippen molar-refractivity contribution in [3.05, 3.63) is 40.2 Å². The predicted octanol–water partition coefficient (Wildman–Crippen LogP) is 2.24. The number of amides is 1. The van der Waals surface area contributed by atoms with Crippen LogP contribution >= 0.6 is 11.3 Å². The molecule has 8 heteroatoms. The molecule has 0 N–H and O–H groups in total. The number of aryl methyl sites for hydroxylation is 1. The third-order valence-electron chi connectivity index (χ3n) is 4.92. The Morgan fingerprint density at radius 1 is 1.21 bits per heavy atom. The molecule has 0 radical (unpaired) electrons. The van der Waals surface area contributed by atoms with Crippen molar-refractivity contribution in [2.75, 3.05) is 38.7 Å². The van der Waals surface area contributed by atoms with Crippen LogP contribution in [0.5, 0.6) is 0 Å². The van der Waals surface area contributed by atoms with Crippen LogP contribution in [0.1, 0.15) is 16.3 Å². The summed E-state index contributed by atoms with van der Waals surface area (Å²) in [5, 5.41) is 0.921. The van der Waals surface area contributed by atoms with Gasteiger partial charge >= 0.3 is 0 Å². The van der Waals surface area contributed by atoms with E-state index in [9.17, 15) is 13.2 Å². The number of benzene rings is 1. The molecule has 1 aliphatic heterocycles. The highest BCUT2D eigenvalue weighted by Gasteiger charge is 2.34. The van der Waals surface area contributed by atoms with Crippen molar-refractivity contribution in [1.29, 1.82) is 0 Å². The van der Waals surface area contributed by atoms with E-state index in [1.807, 2.05) is 56.3 Å². The lowest BCUT2D eigenvalue weighted by Crippen LogP contribution is -2.45. The number of carbonyl (C=O) groups is 1. The molecule has 0 bridgehead atoms. The lowest BCUT2D eigenvalue weighted by atomic mass is 10.1. The molecule has 0 aliphatic carbocycles. The Kier molecular flexibility index (Phi) is 6.52. The summed E-state index contributed by atoms with van der Waals surface area (Å²) in [6.45, 7) is 3.18. The molecule has 2 aromatic rings. The highest BCUT2D eigenvalue weighted by atomic mass is 32.2. The largest absolute Gasteiger partial charge is 0.337 e. The number of sulfone groups is 1. The standard InChI is InChI=1S/C20H27N3O3S2/c1-15-21-20(16-7-5-4-6-8-16)18(27-15)13-19(24)23(11-10-22(2)3)17-9-12-28(25,26)14-17/h4-8,17H,9-14H2,1-3H3. The second-order valence-electron chi connectivity index (χ2n) is 7.49. The zero-order valence-corrected chi connectivity index (χ0v) is 18.2. The molecule has 1 fully saturated rings. The number of thiazole rings is 1. The summed E-state index contributed by atoms with van der Waals surface area (Å²) >= 11 is 1.53. The highest BCUT2D eigenvalue weighted by Crippen LogP contribution is 2.29. The fourth-order valence-electron chi connectivity index (χ4n) is 3.49. The second kappa shape index (κ2) is 8.71. The average Bonchev–Trinajstić information content (AvgIpc) is 3.17. The highest BCUT2D eigenvalue weighted by molar-refractivity contribution is 7.91. The van der Waals surface area contributed by atoms with Crippen molar-refractivity contribution in [3.63, 3.8) is 0 Å². The fourth-order valence-corrected chi connectivity index (χ4v) is 6.17. The molecule has 3 rings (SSSR count). The molecule has 6 nitrogen and oxygen atoms in total. The van der Waals surface area contributed by atoms with Gasteiger partial charge in [-0.05, 0) is 27.4 Å². The molecule has 0 spiro atoms. The van der Waals surface area contributed by atoms with Crippen LogP contribution in [0.4, 0.5) is 0 Å². The number of hydrogen-bond acceptors (Lipinski definition) is 6. The quantitative estimate of drug-likeness (QED) is 0.686. The van der Waals surface area contributed by atoms with E-state index in [1.165, 1.54) is 11.3 Å². The zero-order chi connectivity index (χ0) is 20.3. The Morgan fingerprint density at radius 3 is 2.54 bits per heavy atom. The van der Waals surface area contributed by atoms with Crippen molar-refractivity contribution in [3.8, 4) is 11.3 Å². The van der Waals surface area contributed by atoms with Gasteiger partial charge in [-0.2, -0.15) is 0 Å². The minimum absolute atomic E-state index is 0.0234. The van der Waals surface area contributed by atoms with E-state index in [2.05, 4.69) is 4.98 Å². The lowest BCUT2D eigenvalue weighted by Gasteiger charge is -2.29. The summed E-state index contributed by atoms with van der Waals surface area (Å²) in [4.78, 5) is 22.6. The van der Waals surface area contributed by atoms with Crippen molar-refractivity contribution in [2.24, 2.45) is 0 Å². The first kappa shape index (κ1) is 21.0.